The van der Waals surface area contributed by atoms with Gasteiger partial charge in [-0.25, -0.2) is 9.18 Å². The van der Waals surface area contributed by atoms with Gasteiger partial charge >= 0.3 is 6.09 Å². The van der Waals surface area contributed by atoms with Crippen LogP contribution in [0.1, 0.15) is 0 Å². The Morgan fingerprint density at radius 2 is 2.29 bits per heavy atom. The van der Waals surface area contributed by atoms with Crippen molar-refractivity contribution in [3.05, 3.63) is 28.5 Å². The molecule has 2 rings (SSSR count). The third-order valence-electron chi connectivity index (χ3n) is 1.98. The number of carbonyl (C=O) groups is 1. The maximum Gasteiger partial charge on any atom is 0.414 e. The van der Waals surface area contributed by atoms with Crippen molar-refractivity contribution < 1.29 is 13.9 Å². The van der Waals surface area contributed by atoms with Crippen molar-refractivity contribution in [1.82, 2.24) is 0 Å². The van der Waals surface area contributed by atoms with E-state index in [2.05, 4.69) is 15.9 Å². The molecule has 0 bridgehead atoms. The van der Waals surface area contributed by atoms with Crippen molar-refractivity contribution in [3.63, 3.8) is 0 Å². The topological polar surface area (TPSA) is 29.5 Å². The molecule has 14 heavy (non-hydrogen) atoms. The van der Waals surface area contributed by atoms with E-state index in [0.717, 1.165) is 0 Å². The first-order valence-corrected chi connectivity index (χ1v) is 4.87. The summed E-state index contributed by atoms with van der Waals surface area (Å²) < 4.78 is 18.3. The highest BCUT2D eigenvalue weighted by atomic mass is 79.9. The van der Waals surface area contributed by atoms with E-state index >= 15 is 0 Å². The maximum absolute atomic E-state index is 13.1. The summed E-state index contributed by atoms with van der Waals surface area (Å²) in [5.41, 5.74) is 0.521. The number of nitrogens with zero attached hydrogens (tertiary/aromatic N) is 1. The number of carbonyl (C=O) groups excluding carboxylic acids is 1. The average Bonchev–Trinajstić information content (AvgIpc) is 2.57. The lowest BCUT2D eigenvalue weighted by Gasteiger charge is -2.12. The Hall–Kier alpha value is -1.10. The Morgan fingerprint density at radius 1 is 1.50 bits per heavy atom. The van der Waals surface area contributed by atoms with Crippen LogP contribution in [-0.4, -0.2) is 19.2 Å². The van der Waals surface area contributed by atoms with Gasteiger partial charge in [0.2, 0.25) is 0 Å². The van der Waals surface area contributed by atoms with E-state index in [1.54, 1.807) is 12.1 Å². The minimum Gasteiger partial charge on any atom is -0.447 e. The molecule has 1 aromatic carbocycles. The minimum atomic E-state index is -0.424. The van der Waals surface area contributed by atoms with Crippen LogP contribution in [0, 0.1) is 5.82 Å². The van der Waals surface area contributed by atoms with Crippen LogP contribution in [0.15, 0.2) is 22.7 Å². The van der Waals surface area contributed by atoms with Crippen molar-refractivity contribution in [2.24, 2.45) is 0 Å². The van der Waals surface area contributed by atoms with Gasteiger partial charge in [0.15, 0.2) is 0 Å². The Labute approximate surface area is 88.6 Å². The highest BCUT2D eigenvalue weighted by Gasteiger charge is 2.23. The SMILES string of the molecule is O=C1OCCN1c1ccc(Br)c(F)c1. The number of anilines is 1. The van der Waals surface area contributed by atoms with E-state index in [-0.39, 0.29) is 5.82 Å². The molecule has 1 aromatic rings. The molecular weight excluding hydrogens is 253 g/mol. The normalized spacial score (nSPS) is 15.9. The molecule has 0 saturated carbocycles. The lowest BCUT2D eigenvalue weighted by molar-refractivity contribution is 0.181. The summed E-state index contributed by atoms with van der Waals surface area (Å²) in [7, 11) is 0. The van der Waals surface area contributed by atoms with Gasteiger partial charge in [0, 0.05) is 0 Å². The van der Waals surface area contributed by atoms with Crippen LogP contribution < -0.4 is 4.90 Å². The largest absolute Gasteiger partial charge is 0.447 e. The second kappa shape index (κ2) is 3.57. The van der Waals surface area contributed by atoms with Crippen LogP contribution >= 0.6 is 15.9 Å². The number of hydrogen-bond donors (Lipinski definition) is 0. The zero-order valence-electron chi connectivity index (χ0n) is 7.17. The summed E-state index contributed by atoms with van der Waals surface area (Å²) >= 11 is 3.04. The molecule has 1 aliphatic heterocycles. The number of halogens is 2. The van der Waals surface area contributed by atoms with E-state index in [1.165, 1.54) is 11.0 Å². The van der Waals surface area contributed by atoms with Crippen molar-refractivity contribution in [2.75, 3.05) is 18.1 Å². The number of cyclic esters (lactones) is 1. The van der Waals surface area contributed by atoms with Gasteiger partial charge in [0.05, 0.1) is 16.7 Å². The molecule has 5 heteroatoms. The Balaban J connectivity index is 2.32. The van der Waals surface area contributed by atoms with Crippen LogP contribution in [0.3, 0.4) is 0 Å². The standard InChI is InChI=1S/C9H7BrFNO2/c10-7-2-1-6(5-8(7)11)12-3-4-14-9(12)13/h1-2,5H,3-4H2. The van der Waals surface area contributed by atoms with Crippen molar-refractivity contribution >= 4 is 27.7 Å². The molecular formula is C9H7BrFNO2. The fourth-order valence-electron chi connectivity index (χ4n) is 1.28. The van der Waals surface area contributed by atoms with E-state index in [1.807, 2.05) is 0 Å². The minimum absolute atomic E-state index is 0.358. The second-order valence-corrected chi connectivity index (χ2v) is 3.72. The molecule has 0 aromatic heterocycles. The summed E-state index contributed by atoms with van der Waals surface area (Å²) in [6.45, 7) is 0.830. The summed E-state index contributed by atoms with van der Waals surface area (Å²) in [5.74, 6) is -0.387. The summed E-state index contributed by atoms with van der Waals surface area (Å²) in [5, 5.41) is 0. The molecule has 0 radical (unpaired) electrons. The smallest absolute Gasteiger partial charge is 0.414 e. The molecule has 0 unspecified atom stereocenters. The molecule has 74 valence electrons. The molecule has 0 spiro atoms. The van der Waals surface area contributed by atoms with Gasteiger partial charge < -0.3 is 4.74 Å². The third-order valence-corrected chi connectivity index (χ3v) is 2.62. The predicted molar refractivity (Wildman–Crippen MR) is 52.8 cm³/mol. The van der Waals surface area contributed by atoms with Crippen molar-refractivity contribution in [3.8, 4) is 0 Å². The van der Waals surface area contributed by atoms with E-state index in [0.29, 0.717) is 23.3 Å². The quantitative estimate of drug-likeness (QED) is 0.776. The first kappa shape index (κ1) is 9.45. The number of rotatable bonds is 1. The number of benzene rings is 1. The van der Waals surface area contributed by atoms with E-state index in [4.69, 9.17) is 4.74 Å². The third kappa shape index (κ3) is 1.59. The van der Waals surface area contributed by atoms with Crippen LogP contribution in [0.4, 0.5) is 14.9 Å². The molecule has 0 atom stereocenters. The Kier molecular flexibility index (Phi) is 2.41. The van der Waals surface area contributed by atoms with Crippen molar-refractivity contribution in [1.29, 1.82) is 0 Å². The summed E-state index contributed by atoms with van der Waals surface area (Å²) in [6, 6.07) is 4.53. The molecule has 1 fully saturated rings. The van der Waals surface area contributed by atoms with E-state index < -0.39 is 6.09 Å². The summed E-state index contributed by atoms with van der Waals surface area (Å²) in [6.07, 6.45) is -0.424. The zero-order valence-corrected chi connectivity index (χ0v) is 8.75. The van der Waals surface area contributed by atoms with Gasteiger partial charge in [-0.3, -0.25) is 4.90 Å². The van der Waals surface area contributed by atoms with Gasteiger partial charge in [-0.2, -0.15) is 0 Å². The molecule has 1 aliphatic rings. The van der Waals surface area contributed by atoms with Gasteiger partial charge in [-0.1, -0.05) is 0 Å². The average molecular weight is 260 g/mol. The lowest BCUT2D eigenvalue weighted by atomic mass is 10.3. The number of hydrogen-bond acceptors (Lipinski definition) is 2. The Bertz CT molecular complexity index is 383. The molecule has 1 amide bonds. The van der Waals surface area contributed by atoms with Crippen LogP contribution in [0.25, 0.3) is 0 Å². The maximum atomic E-state index is 13.1. The van der Waals surface area contributed by atoms with E-state index in [9.17, 15) is 9.18 Å². The fraction of sp³-hybridized carbons (Fsp3) is 0.222. The molecule has 1 heterocycles. The first-order valence-electron chi connectivity index (χ1n) is 4.08. The van der Waals surface area contributed by atoms with Crippen molar-refractivity contribution in [2.45, 2.75) is 0 Å². The number of ether oxygens (including phenoxy) is 1. The first-order chi connectivity index (χ1) is 6.68. The molecule has 0 N–H and O–H groups in total. The highest BCUT2D eigenvalue weighted by Crippen LogP contribution is 2.24. The fourth-order valence-corrected chi connectivity index (χ4v) is 1.53. The predicted octanol–water partition coefficient (Wildman–Crippen LogP) is 2.54. The second-order valence-electron chi connectivity index (χ2n) is 2.86. The molecule has 1 saturated heterocycles. The highest BCUT2D eigenvalue weighted by molar-refractivity contribution is 9.10. The monoisotopic (exact) mass is 259 g/mol. The van der Waals surface area contributed by atoms with Crippen LogP contribution in [-0.2, 0) is 4.74 Å². The van der Waals surface area contributed by atoms with Gasteiger partial charge in [0.1, 0.15) is 12.4 Å². The van der Waals surface area contributed by atoms with Gasteiger partial charge in [-0.15, -0.1) is 0 Å². The number of amides is 1. The summed E-state index contributed by atoms with van der Waals surface area (Å²) in [4.78, 5) is 12.5. The Morgan fingerprint density at radius 3 is 2.86 bits per heavy atom. The van der Waals surface area contributed by atoms with Gasteiger partial charge in [-0.05, 0) is 34.1 Å². The molecule has 3 nitrogen and oxygen atoms in total. The zero-order chi connectivity index (χ0) is 10.1. The molecule has 0 aliphatic carbocycles. The van der Waals surface area contributed by atoms with Crippen LogP contribution in [0.2, 0.25) is 0 Å². The van der Waals surface area contributed by atoms with Crippen LogP contribution in [0.5, 0.6) is 0 Å². The lowest BCUT2D eigenvalue weighted by Crippen LogP contribution is -2.23. The van der Waals surface area contributed by atoms with Gasteiger partial charge in [0.25, 0.3) is 0 Å².